The Balaban J connectivity index is 2.32. The normalized spacial score (nSPS) is 15.0. The summed E-state index contributed by atoms with van der Waals surface area (Å²) in [5.41, 5.74) is 5.40. The average Bonchev–Trinajstić information content (AvgIpc) is 3.08. The molecule has 5 nitrogen and oxygen atoms in total. The monoisotopic (exact) mass is 259 g/mol. The van der Waals surface area contributed by atoms with Crippen LogP contribution in [0, 0.1) is 0 Å². The number of rotatable bonds is 8. The third kappa shape index (κ3) is 5.43. The van der Waals surface area contributed by atoms with Crippen LogP contribution in [0.25, 0.3) is 0 Å². The second-order valence-electron chi connectivity index (χ2n) is 4.46. The van der Waals surface area contributed by atoms with Crippen LogP contribution in [0.3, 0.4) is 0 Å². The predicted octanol–water partition coefficient (Wildman–Crippen LogP) is -0.422. The van der Waals surface area contributed by atoms with E-state index in [0.717, 1.165) is 12.8 Å². The van der Waals surface area contributed by atoms with E-state index in [1.807, 2.05) is 4.90 Å². The fourth-order valence-corrected chi connectivity index (χ4v) is 1.75. The molecule has 0 spiro atoms. The summed E-state index contributed by atoms with van der Waals surface area (Å²) >= 11 is 4.78. The lowest BCUT2D eigenvalue weighted by molar-refractivity contribution is -0.131. The number of amides is 1. The van der Waals surface area contributed by atoms with Crippen molar-refractivity contribution >= 4 is 23.1 Å². The zero-order valence-corrected chi connectivity index (χ0v) is 11.1. The van der Waals surface area contributed by atoms with Gasteiger partial charge >= 0.3 is 0 Å². The zero-order valence-electron chi connectivity index (χ0n) is 10.3. The molecule has 0 aliphatic heterocycles. The number of thiocarbonyl (C=S) groups is 1. The number of carbonyl (C=O) groups is 1. The Morgan fingerprint density at radius 3 is 2.59 bits per heavy atom. The summed E-state index contributed by atoms with van der Waals surface area (Å²) in [6.07, 6.45) is 2.81. The molecule has 1 aliphatic carbocycles. The fourth-order valence-electron chi connectivity index (χ4n) is 1.66. The van der Waals surface area contributed by atoms with Crippen molar-refractivity contribution in [2.75, 3.05) is 33.3 Å². The lowest BCUT2D eigenvalue weighted by Gasteiger charge is -2.24. The highest BCUT2D eigenvalue weighted by Gasteiger charge is 2.30. The molecule has 1 amide bonds. The van der Waals surface area contributed by atoms with Gasteiger partial charge in [0.1, 0.15) is 0 Å². The molecule has 0 heterocycles. The number of aliphatic hydroxyl groups is 1. The minimum absolute atomic E-state index is 0.0570. The van der Waals surface area contributed by atoms with E-state index in [4.69, 9.17) is 23.1 Å². The molecule has 0 aromatic carbocycles. The van der Waals surface area contributed by atoms with E-state index in [1.54, 1.807) is 11.9 Å². The molecule has 0 aromatic rings. The van der Waals surface area contributed by atoms with Gasteiger partial charge in [-0.3, -0.25) is 9.69 Å². The zero-order chi connectivity index (χ0) is 12.8. The highest BCUT2D eigenvalue weighted by Crippen LogP contribution is 2.26. The first-order valence-corrected chi connectivity index (χ1v) is 6.32. The Kier molecular flexibility index (Phi) is 5.80. The smallest absolute Gasteiger partial charge is 0.236 e. The Morgan fingerprint density at radius 2 is 2.12 bits per heavy atom. The van der Waals surface area contributed by atoms with Crippen molar-refractivity contribution in [1.29, 1.82) is 0 Å². The fraction of sp³-hybridized carbons (Fsp3) is 0.818. The van der Waals surface area contributed by atoms with Gasteiger partial charge in [-0.2, -0.15) is 0 Å². The van der Waals surface area contributed by atoms with Crippen molar-refractivity contribution in [3.63, 3.8) is 0 Å². The third-order valence-electron chi connectivity index (χ3n) is 2.91. The van der Waals surface area contributed by atoms with Crippen molar-refractivity contribution in [1.82, 2.24) is 9.80 Å². The van der Waals surface area contributed by atoms with Gasteiger partial charge in [-0.25, -0.2) is 0 Å². The third-order valence-corrected chi connectivity index (χ3v) is 3.11. The molecular weight excluding hydrogens is 238 g/mol. The molecule has 98 valence electrons. The standard InChI is InChI=1S/C11H21N3O2S/c1-13(5-4-10(12)17)11(16)8-14(6-7-15)9-2-3-9/h9,15H,2-8H2,1H3,(H2,12,17). The predicted molar refractivity (Wildman–Crippen MR) is 70.7 cm³/mol. The molecule has 0 atom stereocenters. The van der Waals surface area contributed by atoms with Crippen LogP contribution in [-0.2, 0) is 4.79 Å². The Hall–Kier alpha value is -0.720. The average molecular weight is 259 g/mol. The van der Waals surface area contributed by atoms with Gasteiger partial charge < -0.3 is 15.7 Å². The summed E-state index contributed by atoms with van der Waals surface area (Å²) in [7, 11) is 1.75. The maximum Gasteiger partial charge on any atom is 0.236 e. The molecule has 1 aliphatic rings. The maximum atomic E-state index is 11.9. The minimum Gasteiger partial charge on any atom is -0.395 e. The van der Waals surface area contributed by atoms with Gasteiger partial charge in [0.05, 0.1) is 18.1 Å². The van der Waals surface area contributed by atoms with E-state index in [-0.39, 0.29) is 12.5 Å². The van der Waals surface area contributed by atoms with E-state index < -0.39 is 0 Å². The van der Waals surface area contributed by atoms with Crippen LogP contribution < -0.4 is 5.73 Å². The van der Waals surface area contributed by atoms with Crippen molar-refractivity contribution in [2.24, 2.45) is 5.73 Å². The molecule has 17 heavy (non-hydrogen) atoms. The summed E-state index contributed by atoms with van der Waals surface area (Å²) < 4.78 is 0. The summed E-state index contributed by atoms with van der Waals surface area (Å²) in [6, 6.07) is 0.482. The lowest BCUT2D eigenvalue weighted by Crippen LogP contribution is -2.41. The molecule has 0 saturated heterocycles. The molecular formula is C11H21N3O2S. The van der Waals surface area contributed by atoms with Gasteiger partial charge in [-0.15, -0.1) is 0 Å². The number of nitrogens with two attached hydrogens (primary N) is 1. The largest absolute Gasteiger partial charge is 0.395 e. The first kappa shape index (κ1) is 14.3. The van der Waals surface area contributed by atoms with E-state index >= 15 is 0 Å². The quantitative estimate of drug-likeness (QED) is 0.579. The highest BCUT2D eigenvalue weighted by molar-refractivity contribution is 7.80. The van der Waals surface area contributed by atoms with Crippen LogP contribution in [0.2, 0.25) is 0 Å². The van der Waals surface area contributed by atoms with Gasteiger partial charge in [0, 0.05) is 32.6 Å². The van der Waals surface area contributed by atoms with Gasteiger partial charge in [0.25, 0.3) is 0 Å². The van der Waals surface area contributed by atoms with E-state index in [2.05, 4.69) is 0 Å². The minimum atomic E-state index is 0.0570. The van der Waals surface area contributed by atoms with Gasteiger partial charge in [-0.05, 0) is 12.8 Å². The van der Waals surface area contributed by atoms with E-state index in [9.17, 15) is 4.79 Å². The SMILES string of the molecule is CN(CCC(N)=S)C(=O)CN(CCO)C1CC1. The molecule has 0 aromatic heterocycles. The molecule has 0 bridgehead atoms. The number of carbonyl (C=O) groups excluding carboxylic acids is 1. The topological polar surface area (TPSA) is 69.8 Å². The van der Waals surface area contributed by atoms with Crippen molar-refractivity contribution in [3.8, 4) is 0 Å². The van der Waals surface area contributed by atoms with Crippen LogP contribution in [0.15, 0.2) is 0 Å². The van der Waals surface area contributed by atoms with Crippen molar-refractivity contribution < 1.29 is 9.90 Å². The van der Waals surface area contributed by atoms with Crippen LogP contribution in [0.4, 0.5) is 0 Å². The number of aliphatic hydroxyl groups excluding tert-OH is 1. The van der Waals surface area contributed by atoms with Gasteiger partial charge in [-0.1, -0.05) is 12.2 Å². The summed E-state index contributed by atoms with van der Waals surface area (Å²) in [5.74, 6) is 0.0570. The molecule has 0 radical (unpaired) electrons. The van der Waals surface area contributed by atoms with Gasteiger partial charge in [0.15, 0.2) is 0 Å². The molecule has 3 N–H and O–H groups in total. The Labute approximate surface area is 108 Å². The van der Waals surface area contributed by atoms with Gasteiger partial charge in [0.2, 0.25) is 5.91 Å². The maximum absolute atomic E-state index is 11.9. The van der Waals surface area contributed by atoms with Crippen LogP contribution in [-0.4, -0.2) is 65.1 Å². The molecule has 6 heteroatoms. The molecule has 0 unspecified atom stereocenters. The number of nitrogens with zero attached hydrogens (tertiary/aromatic N) is 2. The summed E-state index contributed by atoms with van der Waals surface area (Å²) in [5, 5.41) is 8.94. The molecule has 1 fully saturated rings. The van der Waals surface area contributed by atoms with E-state index in [0.29, 0.717) is 37.1 Å². The summed E-state index contributed by atoms with van der Waals surface area (Å²) in [4.78, 5) is 16.0. The first-order valence-electron chi connectivity index (χ1n) is 5.91. The lowest BCUT2D eigenvalue weighted by atomic mass is 10.3. The summed E-state index contributed by atoms with van der Waals surface area (Å²) in [6.45, 7) is 1.60. The van der Waals surface area contributed by atoms with Crippen LogP contribution in [0.5, 0.6) is 0 Å². The number of hydrogen-bond acceptors (Lipinski definition) is 4. The Morgan fingerprint density at radius 1 is 1.47 bits per heavy atom. The van der Waals surface area contributed by atoms with E-state index in [1.165, 1.54) is 0 Å². The second kappa shape index (κ2) is 6.88. The first-order chi connectivity index (χ1) is 8.04. The Bertz CT molecular complexity index is 282. The van der Waals surface area contributed by atoms with Crippen LogP contribution in [0.1, 0.15) is 19.3 Å². The molecule has 1 saturated carbocycles. The second-order valence-corrected chi connectivity index (χ2v) is 4.98. The van der Waals surface area contributed by atoms with Crippen LogP contribution >= 0.6 is 12.2 Å². The number of likely N-dealkylation sites (N-methyl/N-ethyl adjacent to an activating group) is 1. The molecule has 1 rings (SSSR count). The van der Waals surface area contributed by atoms with Crippen molar-refractivity contribution in [2.45, 2.75) is 25.3 Å². The highest BCUT2D eigenvalue weighted by atomic mass is 32.1. The van der Waals surface area contributed by atoms with Crippen molar-refractivity contribution in [3.05, 3.63) is 0 Å². The number of hydrogen-bond donors (Lipinski definition) is 2.